The Kier molecular flexibility index (Phi) is 3.55. The molecule has 2 aliphatic heterocycles. The molecule has 0 saturated carbocycles. The first-order chi connectivity index (χ1) is 12.7. The number of rotatable bonds is 2. The molecule has 26 heavy (non-hydrogen) atoms. The van der Waals surface area contributed by atoms with E-state index in [0.29, 0.717) is 11.1 Å². The number of aromatic nitrogens is 1. The molecule has 1 atom stereocenters. The van der Waals surface area contributed by atoms with Crippen molar-refractivity contribution in [2.75, 3.05) is 6.54 Å². The van der Waals surface area contributed by atoms with E-state index in [0.717, 1.165) is 47.1 Å². The van der Waals surface area contributed by atoms with Crippen LogP contribution in [0.25, 0.3) is 22.2 Å². The van der Waals surface area contributed by atoms with E-state index in [2.05, 4.69) is 15.8 Å². The van der Waals surface area contributed by atoms with Crippen LogP contribution in [0.2, 0.25) is 0 Å². The first kappa shape index (κ1) is 15.5. The van der Waals surface area contributed by atoms with Gasteiger partial charge < -0.3 is 10.3 Å². The van der Waals surface area contributed by atoms with Gasteiger partial charge in [0.15, 0.2) is 0 Å². The van der Waals surface area contributed by atoms with Crippen molar-refractivity contribution in [3.05, 3.63) is 58.9 Å². The average molecular weight is 351 g/mol. The van der Waals surface area contributed by atoms with E-state index in [-0.39, 0.29) is 24.4 Å². The third-order valence-corrected chi connectivity index (χ3v) is 5.28. The van der Waals surface area contributed by atoms with Crippen molar-refractivity contribution in [3.8, 4) is 11.3 Å². The summed E-state index contributed by atoms with van der Waals surface area (Å²) in [5.74, 6) is -0.481. The molecule has 5 nitrogen and oxygen atoms in total. The number of hydroxylamine groups is 1. The molecule has 0 unspecified atom stereocenters. The van der Waals surface area contributed by atoms with Gasteiger partial charge in [0.2, 0.25) is 0 Å². The first-order valence-electron chi connectivity index (χ1n) is 8.81. The minimum Gasteiger partial charge on any atom is -0.354 e. The molecule has 0 aliphatic carbocycles. The molecule has 1 fully saturated rings. The molecular weight excluding hydrogens is 333 g/mol. The van der Waals surface area contributed by atoms with Gasteiger partial charge in [-0.05, 0) is 37.6 Å². The Balaban J connectivity index is 1.65. The third-order valence-electron chi connectivity index (χ3n) is 5.28. The summed E-state index contributed by atoms with van der Waals surface area (Å²) in [4.78, 5) is 20.8. The van der Waals surface area contributed by atoms with Crippen LogP contribution in [-0.2, 0) is 11.4 Å². The van der Waals surface area contributed by atoms with Crippen LogP contribution in [0.15, 0.2) is 36.4 Å². The lowest BCUT2D eigenvalue weighted by molar-refractivity contribution is 0.0256. The highest BCUT2D eigenvalue weighted by Crippen LogP contribution is 2.36. The largest absolute Gasteiger partial charge is 0.354 e. The number of nitrogens with one attached hydrogen (secondary N) is 3. The summed E-state index contributed by atoms with van der Waals surface area (Å²) in [6.07, 6.45) is 2.03. The topological polar surface area (TPSA) is 66.2 Å². The number of aromatic amines is 1. The Morgan fingerprint density at radius 3 is 2.92 bits per heavy atom. The zero-order chi connectivity index (χ0) is 17.7. The molecule has 2 aliphatic rings. The second-order valence-electron chi connectivity index (χ2n) is 6.81. The number of carbonyl (C=O) groups excluding carboxylic acids is 1. The smallest absolute Gasteiger partial charge is 0.275 e. The van der Waals surface area contributed by atoms with Crippen molar-refractivity contribution in [1.82, 2.24) is 15.8 Å². The number of amides is 1. The summed E-state index contributed by atoms with van der Waals surface area (Å²) in [5, 5.41) is 4.17. The van der Waals surface area contributed by atoms with Crippen molar-refractivity contribution in [3.63, 3.8) is 0 Å². The summed E-state index contributed by atoms with van der Waals surface area (Å²) in [6.45, 7) is 1.16. The highest BCUT2D eigenvalue weighted by molar-refractivity contribution is 6.09. The lowest BCUT2D eigenvalue weighted by atomic mass is 9.99. The average Bonchev–Trinajstić information content (AvgIpc) is 3.26. The number of hydrogen-bond donors (Lipinski definition) is 3. The molecular formula is C20H18FN3O2. The Labute approximate surface area is 149 Å². The minimum absolute atomic E-state index is 0.0880. The van der Waals surface area contributed by atoms with Crippen LogP contribution in [0.1, 0.15) is 40.4 Å². The van der Waals surface area contributed by atoms with Crippen LogP contribution >= 0.6 is 0 Å². The highest BCUT2D eigenvalue weighted by Gasteiger charge is 2.24. The summed E-state index contributed by atoms with van der Waals surface area (Å²) in [7, 11) is 0. The molecule has 132 valence electrons. The Hall–Kier alpha value is -2.70. The monoisotopic (exact) mass is 351 g/mol. The molecule has 3 heterocycles. The van der Waals surface area contributed by atoms with Gasteiger partial charge >= 0.3 is 0 Å². The predicted octanol–water partition coefficient (Wildman–Crippen LogP) is 3.57. The fourth-order valence-electron chi connectivity index (χ4n) is 4.04. The first-order valence-corrected chi connectivity index (χ1v) is 8.81. The molecule has 1 amide bonds. The quantitative estimate of drug-likeness (QED) is 0.661. The van der Waals surface area contributed by atoms with Gasteiger partial charge in [-0.2, -0.15) is 0 Å². The molecule has 6 heteroatoms. The minimum atomic E-state index is -0.270. The summed E-state index contributed by atoms with van der Waals surface area (Å²) >= 11 is 0. The van der Waals surface area contributed by atoms with Crippen LogP contribution < -0.4 is 10.8 Å². The fourth-order valence-corrected chi connectivity index (χ4v) is 4.04. The van der Waals surface area contributed by atoms with E-state index in [1.807, 2.05) is 24.3 Å². The molecule has 3 aromatic rings. The molecule has 5 rings (SSSR count). The van der Waals surface area contributed by atoms with E-state index < -0.39 is 0 Å². The zero-order valence-corrected chi connectivity index (χ0v) is 14.1. The van der Waals surface area contributed by atoms with Gasteiger partial charge in [-0.1, -0.05) is 18.2 Å². The van der Waals surface area contributed by atoms with E-state index in [1.54, 1.807) is 12.1 Å². The SMILES string of the molecule is O=C1NOCc2c(-c3ccc([C@@H]4CCCN4)c(F)c3)[nH]c3cccc1c23. The van der Waals surface area contributed by atoms with E-state index >= 15 is 0 Å². The van der Waals surface area contributed by atoms with Crippen LogP contribution in [-0.4, -0.2) is 17.4 Å². The maximum atomic E-state index is 14.8. The van der Waals surface area contributed by atoms with Gasteiger partial charge in [0, 0.05) is 33.6 Å². The van der Waals surface area contributed by atoms with Crippen LogP contribution in [0.3, 0.4) is 0 Å². The van der Waals surface area contributed by atoms with E-state index in [1.165, 1.54) is 0 Å². The van der Waals surface area contributed by atoms with Gasteiger partial charge in [-0.25, -0.2) is 9.87 Å². The molecule has 0 bridgehead atoms. The second-order valence-corrected chi connectivity index (χ2v) is 6.81. The maximum absolute atomic E-state index is 14.8. The van der Waals surface area contributed by atoms with Gasteiger partial charge in [-0.15, -0.1) is 0 Å². The predicted molar refractivity (Wildman–Crippen MR) is 95.9 cm³/mol. The van der Waals surface area contributed by atoms with Gasteiger partial charge in [0.05, 0.1) is 11.3 Å². The number of H-pyrrole nitrogens is 1. The van der Waals surface area contributed by atoms with Crippen molar-refractivity contribution in [1.29, 1.82) is 0 Å². The normalized spacial score (nSPS) is 19.6. The molecule has 0 spiro atoms. The van der Waals surface area contributed by atoms with Crippen molar-refractivity contribution < 1.29 is 14.0 Å². The Morgan fingerprint density at radius 2 is 2.12 bits per heavy atom. The molecule has 1 saturated heterocycles. The van der Waals surface area contributed by atoms with Crippen molar-refractivity contribution >= 4 is 16.8 Å². The lowest BCUT2D eigenvalue weighted by Gasteiger charge is -2.13. The van der Waals surface area contributed by atoms with Crippen molar-refractivity contribution in [2.45, 2.75) is 25.5 Å². The number of benzene rings is 2. The third kappa shape index (κ3) is 2.34. The Morgan fingerprint density at radius 1 is 1.19 bits per heavy atom. The highest BCUT2D eigenvalue weighted by atomic mass is 19.1. The second kappa shape index (κ2) is 5.93. The lowest BCUT2D eigenvalue weighted by Crippen LogP contribution is -2.21. The maximum Gasteiger partial charge on any atom is 0.275 e. The van der Waals surface area contributed by atoms with Gasteiger partial charge in [-0.3, -0.25) is 9.63 Å². The van der Waals surface area contributed by atoms with Crippen LogP contribution in [0, 0.1) is 5.82 Å². The number of halogens is 1. The summed E-state index contributed by atoms with van der Waals surface area (Å²) in [5.41, 5.74) is 6.95. The van der Waals surface area contributed by atoms with Gasteiger partial charge in [0.1, 0.15) is 12.4 Å². The molecule has 2 aromatic carbocycles. The zero-order valence-electron chi connectivity index (χ0n) is 14.1. The standard InChI is InChI=1S/C20H18FN3O2/c21-15-9-11(6-7-12(15)16-5-2-8-22-16)19-14-10-26-24-20(25)13-3-1-4-17(23-19)18(13)14/h1,3-4,6-7,9,16,22-23H,2,5,8,10H2,(H,24,25)/t16-/m0/s1. The van der Waals surface area contributed by atoms with Crippen LogP contribution in [0.4, 0.5) is 4.39 Å². The van der Waals surface area contributed by atoms with Crippen LogP contribution in [0.5, 0.6) is 0 Å². The van der Waals surface area contributed by atoms with Crippen molar-refractivity contribution in [2.24, 2.45) is 0 Å². The molecule has 1 aromatic heterocycles. The van der Waals surface area contributed by atoms with E-state index in [9.17, 15) is 9.18 Å². The van der Waals surface area contributed by atoms with Gasteiger partial charge in [0.25, 0.3) is 5.91 Å². The number of carbonyl (C=O) groups is 1. The Bertz CT molecular complexity index is 1020. The fraction of sp³-hybridized carbons (Fsp3) is 0.250. The summed E-state index contributed by atoms with van der Waals surface area (Å²) in [6, 6.07) is 10.9. The molecule has 3 N–H and O–H groups in total. The molecule has 0 radical (unpaired) electrons. The summed E-state index contributed by atoms with van der Waals surface area (Å²) < 4.78 is 14.8. The number of hydrogen-bond acceptors (Lipinski definition) is 3. The van der Waals surface area contributed by atoms with E-state index in [4.69, 9.17) is 4.84 Å².